The zero-order valence-corrected chi connectivity index (χ0v) is 11.2. The van der Waals surface area contributed by atoms with Gasteiger partial charge in [-0.3, -0.25) is 14.4 Å². The molecule has 1 aromatic heterocycles. The summed E-state index contributed by atoms with van der Waals surface area (Å²) in [6.07, 6.45) is 0. The number of fused-ring (bicyclic) bond motifs is 1. The predicted molar refractivity (Wildman–Crippen MR) is 72.2 cm³/mol. The molecule has 0 bridgehead atoms. The molecule has 0 aliphatic heterocycles. The Balaban J connectivity index is 2.47. The lowest BCUT2D eigenvalue weighted by molar-refractivity contribution is -0.135. The highest BCUT2D eigenvalue weighted by Crippen LogP contribution is 2.19. The van der Waals surface area contributed by atoms with E-state index in [2.05, 4.69) is 31.2 Å². The Bertz CT molecular complexity index is 750. The lowest BCUT2D eigenvalue weighted by Gasteiger charge is -2.07. The van der Waals surface area contributed by atoms with Crippen LogP contribution in [0.1, 0.15) is 5.56 Å². The third-order valence-corrected chi connectivity index (χ3v) is 2.93. The van der Waals surface area contributed by atoms with Crippen LogP contribution in [0.25, 0.3) is 11.0 Å². The normalized spacial score (nSPS) is 10.8. The number of aromatic amines is 2. The van der Waals surface area contributed by atoms with E-state index in [1.165, 1.54) is 0 Å². The molecule has 0 fully saturated rings. The lowest BCUT2D eigenvalue weighted by atomic mass is 10.1. The third kappa shape index (κ3) is 3.09. The molecule has 0 amide bonds. The summed E-state index contributed by atoms with van der Waals surface area (Å²) in [7, 11) is 0. The van der Waals surface area contributed by atoms with Crippen molar-refractivity contribution < 1.29 is 9.90 Å². The molecule has 0 radical (unpaired) electrons. The molecule has 0 unspecified atom stereocenters. The van der Waals surface area contributed by atoms with E-state index in [9.17, 15) is 14.4 Å². The van der Waals surface area contributed by atoms with E-state index in [-0.39, 0.29) is 13.1 Å². The van der Waals surface area contributed by atoms with Gasteiger partial charge in [0.2, 0.25) is 0 Å². The van der Waals surface area contributed by atoms with Crippen LogP contribution in [0.5, 0.6) is 0 Å². The van der Waals surface area contributed by atoms with Crippen LogP contribution in [-0.4, -0.2) is 27.6 Å². The number of carboxylic acid groups (broad SMARTS) is 1. The highest BCUT2D eigenvalue weighted by atomic mass is 79.9. The van der Waals surface area contributed by atoms with Gasteiger partial charge in [-0.2, -0.15) is 0 Å². The molecule has 7 nitrogen and oxygen atoms in total. The second-order valence-electron chi connectivity index (χ2n) is 3.89. The van der Waals surface area contributed by atoms with Gasteiger partial charge in [0.25, 0.3) is 0 Å². The number of rotatable bonds is 4. The predicted octanol–water partition coefficient (Wildman–Crippen LogP) is 0.153. The van der Waals surface area contributed by atoms with Crippen molar-refractivity contribution in [3.63, 3.8) is 0 Å². The van der Waals surface area contributed by atoms with E-state index in [1.54, 1.807) is 12.1 Å². The number of H-pyrrole nitrogens is 2. The van der Waals surface area contributed by atoms with Gasteiger partial charge in [0.05, 0.1) is 17.6 Å². The monoisotopic (exact) mass is 327 g/mol. The number of carboxylic acids is 1. The van der Waals surface area contributed by atoms with E-state index in [0.29, 0.717) is 16.6 Å². The van der Waals surface area contributed by atoms with E-state index in [1.807, 2.05) is 0 Å². The fourth-order valence-corrected chi connectivity index (χ4v) is 2.21. The van der Waals surface area contributed by atoms with Crippen LogP contribution in [0, 0.1) is 0 Å². The molecule has 0 atom stereocenters. The molecule has 0 spiro atoms. The molecular formula is C11H10BrN3O4. The van der Waals surface area contributed by atoms with Gasteiger partial charge >= 0.3 is 17.1 Å². The number of aromatic nitrogens is 2. The molecule has 2 aromatic rings. The maximum atomic E-state index is 11.3. The average Bonchev–Trinajstić information content (AvgIpc) is 2.31. The van der Waals surface area contributed by atoms with Crippen LogP contribution in [0.4, 0.5) is 0 Å². The molecule has 19 heavy (non-hydrogen) atoms. The van der Waals surface area contributed by atoms with Crippen LogP contribution >= 0.6 is 15.9 Å². The first-order chi connectivity index (χ1) is 8.97. The fourth-order valence-electron chi connectivity index (χ4n) is 1.70. The fraction of sp³-hybridized carbons (Fsp3) is 0.182. The number of hydrogen-bond acceptors (Lipinski definition) is 4. The highest BCUT2D eigenvalue weighted by molar-refractivity contribution is 9.10. The minimum Gasteiger partial charge on any atom is -0.480 e. The maximum Gasteiger partial charge on any atom is 0.317 e. The minimum atomic E-state index is -0.971. The molecule has 0 aliphatic rings. The minimum absolute atomic E-state index is 0.193. The standard InChI is InChI=1S/C11H10BrN3O4/c12-6-1-5(3-13-4-8(16)17)9-7(2-6)14-10(18)11(19)15-9/h1-2,13H,3-4H2,(H,14,18)(H,15,19)(H,16,17). The largest absolute Gasteiger partial charge is 0.480 e. The summed E-state index contributed by atoms with van der Waals surface area (Å²) in [5.74, 6) is -0.971. The molecule has 1 heterocycles. The van der Waals surface area contributed by atoms with Gasteiger partial charge in [-0.25, -0.2) is 0 Å². The Hall–Kier alpha value is -1.93. The van der Waals surface area contributed by atoms with Gasteiger partial charge in [0.15, 0.2) is 0 Å². The number of hydrogen-bond donors (Lipinski definition) is 4. The van der Waals surface area contributed by atoms with Crippen LogP contribution in [-0.2, 0) is 11.3 Å². The molecule has 0 saturated heterocycles. The van der Waals surface area contributed by atoms with Crippen LogP contribution < -0.4 is 16.4 Å². The summed E-state index contributed by atoms with van der Waals surface area (Å²) in [6, 6.07) is 3.40. The third-order valence-electron chi connectivity index (χ3n) is 2.47. The molecule has 1 aromatic carbocycles. The van der Waals surface area contributed by atoms with Gasteiger partial charge in [-0.15, -0.1) is 0 Å². The van der Waals surface area contributed by atoms with Gasteiger partial charge in [0.1, 0.15) is 0 Å². The lowest BCUT2D eigenvalue weighted by Crippen LogP contribution is -2.29. The van der Waals surface area contributed by atoms with E-state index in [4.69, 9.17) is 5.11 Å². The van der Waals surface area contributed by atoms with Crippen molar-refractivity contribution in [3.05, 3.63) is 42.9 Å². The Morgan fingerprint density at radius 1 is 1.26 bits per heavy atom. The molecule has 0 aliphatic carbocycles. The molecule has 4 N–H and O–H groups in total. The summed E-state index contributed by atoms with van der Waals surface area (Å²) in [5.41, 5.74) is 0.167. The van der Waals surface area contributed by atoms with Crippen LogP contribution in [0.2, 0.25) is 0 Å². The van der Waals surface area contributed by atoms with Gasteiger partial charge in [-0.1, -0.05) is 15.9 Å². The van der Waals surface area contributed by atoms with Crippen molar-refractivity contribution in [3.8, 4) is 0 Å². The SMILES string of the molecule is O=C(O)CNCc1cc(Br)cc2[nH]c(=O)c(=O)[nH]c12. The smallest absolute Gasteiger partial charge is 0.317 e. The van der Waals surface area contributed by atoms with Crippen molar-refractivity contribution in [2.75, 3.05) is 6.54 Å². The first kappa shape index (κ1) is 13.5. The summed E-state index contributed by atoms with van der Waals surface area (Å²) in [6.45, 7) is 0.0613. The second kappa shape index (κ2) is 5.37. The molecule has 2 rings (SSSR count). The second-order valence-corrected chi connectivity index (χ2v) is 4.81. The van der Waals surface area contributed by atoms with Crippen molar-refractivity contribution in [2.45, 2.75) is 6.54 Å². The van der Waals surface area contributed by atoms with E-state index < -0.39 is 17.1 Å². The summed E-state index contributed by atoms with van der Waals surface area (Å²) >= 11 is 3.29. The van der Waals surface area contributed by atoms with Crippen molar-refractivity contribution in [1.82, 2.24) is 15.3 Å². The van der Waals surface area contributed by atoms with Crippen molar-refractivity contribution in [1.29, 1.82) is 0 Å². The van der Waals surface area contributed by atoms with Gasteiger partial charge in [-0.05, 0) is 17.7 Å². The van der Waals surface area contributed by atoms with Crippen molar-refractivity contribution in [2.24, 2.45) is 0 Å². The first-order valence-electron chi connectivity index (χ1n) is 5.34. The summed E-state index contributed by atoms with van der Waals surface area (Å²) < 4.78 is 0.717. The summed E-state index contributed by atoms with van der Waals surface area (Å²) in [4.78, 5) is 38.0. The Labute approximate surface area is 114 Å². The highest BCUT2D eigenvalue weighted by Gasteiger charge is 2.07. The molecule has 100 valence electrons. The Morgan fingerprint density at radius 3 is 2.63 bits per heavy atom. The van der Waals surface area contributed by atoms with Gasteiger partial charge in [0, 0.05) is 11.0 Å². The number of carbonyl (C=O) groups is 1. The maximum absolute atomic E-state index is 11.3. The van der Waals surface area contributed by atoms with Crippen LogP contribution in [0.15, 0.2) is 26.2 Å². The number of benzene rings is 1. The van der Waals surface area contributed by atoms with Crippen LogP contribution in [0.3, 0.4) is 0 Å². The topological polar surface area (TPSA) is 115 Å². The average molecular weight is 328 g/mol. The number of halogens is 1. The van der Waals surface area contributed by atoms with Crippen molar-refractivity contribution >= 4 is 32.9 Å². The Kier molecular flexibility index (Phi) is 3.82. The zero-order chi connectivity index (χ0) is 14.0. The molecular weight excluding hydrogens is 318 g/mol. The molecule has 0 saturated carbocycles. The zero-order valence-electron chi connectivity index (χ0n) is 9.62. The number of nitrogens with one attached hydrogen (secondary N) is 3. The quantitative estimate of drug-likeness (QED) is 0.597. The Morgan fingerprint density at radius 2 is 1.95 bits per heavy atom. The summed E-state index contributed by atoms with van der Waals surface area (Å²) in [5, 5.41) is 11.3. The first-order valence-corrected chi connectivity index (χ1v) is 6.14. The van der Waals surface area contributed by atoms with E-state index >= 15 is 0 Å². The number of aliphatic carboxylic acids is 1. The van der Waals surface area contributed by atoms with E-state index in [0.717, 1.165) is 4.47 Å². The molecule has 8 heteroatoms. The van der Waals surface area contributed by atoms with Gasteiger partial charge < -0.3 is 20.4 Å².